The van der Waals surface area contributed by atoms with Crippen molar-refractivity contribution >= 4 is 11.6 Å². The molecule has 0 radical (unpaired) electrons. The molecule has 1 aliphatic rings. The van der Waals surface area contributed by atoms with Crippen molar-refractivity contribution < 1.29 is 19.3 Å². The summed E-state index contributed by atoms with van der Waals surface area (Å²) in [6, 6.07) is 5.70. The van der Waals surface area contributed by atoms with Crippen molar-refractivity contribution in [2.24, 2.45) is 0 Å². The summed E-state index contributed by atoms with van der Waals surface area (Å²) in [7, 11) is 0. The van der Waals surface area contributed by atoms with Gasteiger partial charge in [0.15, 0.2) is 6.29 Å². The molecule has 1 aromatic carbocycles. The van der Waals surface area contributed by atoms with Crippen LogP contribution in [-0.2, 0) is 9.57 Å². The molecule has 0 saturated carbocycles. The molecule has 1 heterocycles. The van der Waals surface area contributed by atoms with Crippen molar-refractivity contribution in [2.45, 2.75) is 25.6 Å². The molecule has 0 bridgehead atoms. The van der Waals surface area contributed by atoms with Gasteiger partial charge in [0, 0.05) is 19.1 Å². The van der Waals surface area contributed by atoms with Crippen LogP contribution >= 0.6 is 0 Å². The number of carbonyl (C=O) groups excluding carboxylic acids is 1. The first-order chi connectivity index (χ1) is 9.18. The second-order valence-corrected chi connectivity index (χ2v) is 4.12. The maximum absolute atomic E-state index is 11.8. The molecule has 0 aromatic heterocycles. The first-order valence-corrected chi connectivity index (χ1v) is 5.99. The minimum atomic E-state index is -0.651. The van der Waals surface area contributed by atoms with Crippen molar-refractivity contribution in [1.29, 1.82) is 0 Å². The third-order valence-electron chi connectivity index (χ3n) is 2.77. The number of hydrogen-bond acceptors (Lipinski definition) is 5. The number of hydrogen-bond donors (Lipinski definition) is 1. The van der Waals surface area contributed by atoms with E-state index in [0.29, 0.717) is 13.0 Å². The zero-order chi connectivity index (χ0) is 13.7. The van der Waals surface area contributed by atoms with Crippen LogP contribution in [-0.4, -0.2) is 23.7 Å². The van der Waals surface area contributed by atoms with Crippen LogP contribution in [0.4, 0.5) is 5.69 Å². The van der Waals surface area contributed by atoms with E-state index in [1.165, 1.54) is 18.2 Å². The molecule has 102 valence electrons. The van der Waals surface area contributed by atoms with Gasteiger partial charge in [0.2, 0.25) is 0 Å². The third kappa shape index (κ3) is 3.49. The maximum Gasteiger partial charge on any atom is 0.282 e. The zero-order valence-corrected chi connectivity index (χ0v) is 10.2. The van der Waals surface area contributed by atoms with Crippen LogP contribution in [0.15, 0.2) is 24.3 Å². The van der Waals surface area contributed by atoms with Crippen molar-refractivity contribution in [3.63, 3.8) is 0 Å². The molecular formula is C12H14N2O5. The summed E-state index contributed by atoms with van der Waals surface area (Å²) in [6.07, 6.45) is 2.14. The molecule has 0 aliphatic carbocycles. The number of nitro benzene ring substituents is 1. The van der Waals surface area contributed by atoms with Gasteiger partial charge in [-0.3, -0.25) is 14.9 Å². The van der Waals surface area contributed by atoms with Gasteiger partial charge >= 0.3 is 0 Å². The molecule has 1 saturated heterocycles. The first-order valence-electron chi connectivity index (χ1n) is 5.99. The Morgan fingerprint density at radius 3 is 2.89 bits per heavy atom. The molecule has 2 rings (SSSR count). The summed E-state index contributed by atoms with van der Waals surface area (Å²) < 4.78 is 5.27. The SMILES string of the molecule is O=C(NOC1CCCCO1)c1ccccc1[N+](=O)[O-]. The van der Waals surface area contributed by atoms with Crippen molar-refractivity contribution in [1.82, 2.24) is 5.48 Å². The van der Waals surface area contributed by atoms with Gasteiger partial charge in [0.1, 0.15) is 5.56 Å². The molecule has 1 unspecified atom stereocenters. The monoisotopic (exact) mass is 266 g/mol. The topological polar surface area (TPSA) is 90.7 Å². The minimum Gasteiger partial charge on any atom is -0.350 e. The molecular weight excluding hydrogens is 252 g/mol. The van der Waals surface area contributed by atoms with Crippen LogP contribution in [0.3, 0.4) is 0 Å². The summed E-state index contributed by atoms with van der Waals surface area (Å²) in [5, 5.41) is 10.8. The molecule has 1 N–H and O–H groups in total. The molecule has 1 amide bonds. The van der Waals surface area contributed by atoms with E-state index in [9.17, 15) is 14.9 Å². The lowest BCUT2D eigenvalue weighted by molar-refractivity contribution is -0.385. The Kier molecular flexibility index (Phi) is 4.43. The predicted octanol–water partition coefficient (Wildman–Crippen LogP) is 1.78. The fourth-order valence-electron chi connectivity index (χ4n) is 1.80. The van der Waals surface area contributed by atoms with E-state index in [0.717, 1.165) is 12.8 Å². The van der Waals surface area contributed by atoms with E-state index in [4.69, 9.17) is 9.57 Å². The molecule has 7 heteroatoms. The van der Waals surface area contributed by atoms with Gasteiger partial charge in [-0.15, -0.1) is 0 Å². The zero-order valence-electron chi connectivity index (χ0n) is 10.2. The molecule has 1 fully saturated rings. The highest BCUT2D eigenvalue weighted by molar-refractivity contribution is 5.97. The van der Waals surface area contributed by atoms with Gasteiger partial charge in [0.05, 0.1) is 4.92 Å². The normalized spacial score (nSPS) is 18.8. The van der Waals surface area contributed by atoms with Crippen molar-refractivity contribution in [3.05, 3.63) is 39.9 Å². The largest absolute Gasteiger partial charge is 0.350 e. The van der Waals surface area contributed by atoms with E-state index in [1.807, 2.05) is 0 Å². The van der Waals surface area contributed by atoms with Gasteiger partial charge in [-0.05, 0) is 18.9 Å². The van der Waals surface area contributed by atoms with E-state index in [1.54, 1.807) is 6.07 Å². The smallest absolute Gasteiger partial charge is 0.282 e. The lowest BCUT2D eigenvalue weighted by Gasteiger charge is -2.22. The van der Waals surface area contributed by atoms with Gasteiger partial charge in [-0.2, -0.15) is 0 Å². The first kappa shape index (κ1) is 13.4. The Hall–Kier alpha value is -1.99. The second-order valence-electron chi connectivity index (χ2n) is 4.12. The molecule has 1 atom stereocenters. The quantitative estimate of drug-likeness (QED) is 0.662. The molecule has 1 aromatic rings. The lowest BCUT2D eigenvalue weighted by atomic mass is 10.2. The van der Waals surface area contributed by atoms with Crippen molar-refractivity contribution in [2.75, 3.05) is 6.61 Å². The van der Waals surface area contributed by atoms with Gasteiger partial charge in [-0.1, -0.05) is 12.1 Å². The molecule has 7 nitrogen and oxygen atoms in total. The number of para-hydroxylation sites is 1. The molecule has 0 spiro atoms. The number of carbonyl (C=O) groups is 1. The van der Waals surface area contributed by atoms with E-state index in [-0.39, 0.29) is 11.3 Å². The third-order valence-corrected chi connectivity index (χ3v) is 2.77. The van der Waals surface area contributed by atoms with Gasteiger partial charge in [-0.25, -0.2) is 10.3 Å². The highest BCUT2D eigenvalue weighted by Crippen LogP contribution is 2.18. The molecule has 1 aliphatic heterocycles. The number of hydroxylamine groups is 1. The van der Waals surface area contributed by atoms with Crippen LogP contribution in [0.25, 0.3) is 0 Å². The van der Waals surface area contributed by atoms with E-state index in [2.05, 4.69) is 5.48 Å². The van der Waals surface area contributed by atoms with Crippen LogP contribution in [0.5, 0.6) is 0 Å². The number of nitrogens with one attached hydrogen (secondary N) is 1. The van der Waals surface area contributed by atoms with Gasteiger partial charge in [0.25, 0.3) is 11.6 Å². The van der Waals surface area contributed by atoms with Crippen LogP contribution < -0.4 is 5.48 Å². The number of ether oxygens (including phenoxy) is 1. The minimum absolute atomic E-state index is 0.0386. The summed E-state index contributed by atoms with van der Waals surface area (Å²) in [6.45, 7) is 0.589. The number of nitrogens with zero attached hydrogens (tertiary/aromatic N) is 1. The van der Waals surface area contributed by atoms with Crippen LogP contribution in [0, 0.1) is 10.1 Å². The highest BCUT2D eigenvalue weighted by atomic mass is 16.8. The van der Waals surface area contributed by atoms with Crippen LogP contribution in [0.2, 0.25) is 0 Å². The lowest BCUT2D eigenvalue weighted by Crippen LogP contribution is -2.33. The Morgan fingerprint density at radius 1 is 1.42 bits per heavy atom. The Bertz CT molecular complexity index is 471. The van der Waals surface area contributed by atoms with Gasteiger partial charge < -0.3 is 4.74 Å². The number of rotatable bonds is 4. The van der Waals surface area contributed by atoms with E-state index < -0.39 is 17.1 Å². The van der Waals surface area contributed by atoms with E-state index >= 15 is 0 Å². The standard InChI is InChI=1S/C12H14N2O5/c15-12(13-19-11-7-3-4-8-18-11)9-5-1-2-6-10(9)14(16)17/h1-2,5-6,11H,3-4,7-8H2,(H,13,15). The average molecular weight is 266 g/mol. The number of benzene rings is 1. The number of amides is 1. The number of nitro groups is 1. The van der Waals surface area contributed by atoms with Crippen molar-refractivity contribution in [3.8, 4) is 0 Å². The maximum atomic E-state index is 11.8. The van der Waals surface area contributed by atoms with Crippen LogP contribution in [0.1, 0.15) is 29.6 Å². The summed E-state index contributed by atoms with van der Waals surface area (Å²) in [5.74, 6) is -0.651. The summed E-state index contributed by atoms with van der Waals surface area (Å²) in [4.78, 5) is 27.1. The fraction of sp³-hybridized carbons (Fsp3) is 0.417. The highest BCUT2D eigenvalue weighted by Gasteiger charge is 2.21. The fourth-order valence-corrected chi connectivity index (χ4v) is 1.80. The second kappa shape index (κ2) is 6.26. The summed E-state index contributed by atoms with van der Waals surface area (Å²) in [5.41, 5.74) is 1.90. The Balaban J connectivity index is 1.97. The Labute approximate surface area is 109 Å². The Morgan fingerprint density at radius 2 is 2.21 bits per heavy atom. The molecule has 19 heavy (non-hydrogen) atoms. The summed E-state index contributed by atoms with van der Waals surface area (Å²) >= 11 is 0. The predicted molar refractivity (Wildman–Crippen MR) is 65.2 cm³/mol. The average Bonchev–Trinajstić information content (AvgIpc) is 2.46.